The van der Waals surface area contributed by atoms with E-state index in [0.29, 0.717) is 26.1 Å². The van der Waals surface area contributed by atoms with Crippen molar-refractivity contribution in [3.8, 4) is 0 Å². The number of amides is 1. The molecule has 1 fully saturated rings. The first-order valence-corrected chi connectivity index (χ1v) is 6.36. The first-order valence-electron chi connectivity index (χ1n) is 6.36. The second kappa shape index (κ2) is 5.77. The molecule has 0 aromatic carbocycles. The first kappa shape index (κ1) is 15.8. The van der Waals surface area contributed by atoms with Crippen LogP contribution in [0.15, 0.2) is 0 Å². The van der Waals surface area contributed by atoms with E-state index < -0.39 is 23.2 Å². The molecule has 0 unspecified atom stereocenters. The standard InChI is InChI=1S/C13H23NO5/c1-12(2,3)19-11(16)14(4)13(10(15)17-5)6-8-18-9-7-13/h6-9H2,1-5H3. The fourth-order valence-corrected chi connectivity index (χ4v) is 2.08. The molecule has 0 N–H and O–H groups in total. The lowest BCUT2D eigenvalue weighted by atomic mass is 9.88. The molecule has 0 atom stereocenters. The Labute approximate surface area is 114 Å². The van der Waals surface area contributed by atoms with Gasteiger partial charge in [-0.05, 0) is 20.8 Å². The summed E-state index contributed by atoms with van der Waals surface area (Å²) in [6, 6.07) is 0. The summed E-state index contributed by atoms with van der Waals surface area (Å²) in [5.74, 6) is -0.427. The third kappa shape index (κ3) is 3.59. The summed E-state index contributed by atoms with van der Waals surface area (Å²) >= 11 is 0. The van der Waals surface area contributed by atoms with Gasteiger partial charge < -0.3 is 14.2 Å². The van der Waals surface area contributed by atoms with Gasteiger partial charge in [0.1, 0.15) is 11.1 Å². The van der Waals surface area contributed by atoms with E-state index in [1.807, 2.05) is 0 Å². The summed E-state index contributed by atoms with van der Waals surface area (Å²) in [5.41, 5.74) is -1.59. The van der Waals surface area contributed by atoms with E-state index in [9.17, 15) is 9.59 Å². The molecule has 110 valence electrons. The molecule has 0 aliphatic carbocycles. The Kier molecular flexibility index (Phi) is 4.79. The quantitative estimate of drug-likeness (QED) is 0.715. The highest BCUT2D eigenvalue weighted by Crippen LogP contribution is 2.29. The van der Waals surface area contributed by atoms with Crippen LogP contribution in [0.4, 0.5) is 4.79 Å². The molecule has 19 heavy (non-hydrogen) atoms. The molecule has 1 amide bonds. The Balaban J connectivity index is 2.91. The van der Waals surface area contributed by atoms with Gasteiger partial charge in [0.15, 0.2) is 0 Å². The molecule has 0 spiro atoms. The van der Waals surface area contributed by atoms with Gasteiger partial charge in [-0.15, -0.1) is 0 Å². The van der Waals surface area contributed by atoms with Crippen LogP contribution in [0.25, 0.3) is 0 Å². The van der Waals surface area contributed by atoms with Crippen molar-refractivity contribution in [3.05, 3.63) is 0 Å². The van der Waals surface area contributed by atoms with E-state index in [4.69, 9.17) is 14.2 Å². The molecule has 0 bridgehead atoms. The summed E-state index contributed by atoms with van der Waals surface area (Å²) in [4.78, 5) is 25.6. The molecule has 1 aliphatic heterocycles. The Hall–Kier alpha value is -1.30. The predicted octanol–water partition coefficient (Wildman–Crippen LogP) is 1.58. The van der Waals surface area contributed by atoms with Crippen molar-refractivity contribution in [2.75, 3.05) is 27.4 Å². The van der Waals surface area contributed by atoms with E-state index in [1.54, 1.807) is 27.8 Å². The molecule has 0 radical (unpaired) electrons. The number of likely N-dealkylation sites (N-methyl/N-ethyl adjacent to an activating group) is 1. The largest absolute Gasteiger partial charge is 0.467 e. The molecular formula is C13H23NO5. The average Bonchev–Trinajstić information content (AvgIpc) is 2.35. The summed E-state index contributed by atoms with van der Waals surface area (Å²) in [6.45, 7) is 6.19. The van der Waals surface area contributed by atoms with Crippen LogP contribution >= 0.6 is 0 Å². The zero-order valence-corrected chi connectivity index (χ0v) is 12.3. The van der Waals surface area contributed by atoms with Crippen molar-refractivity contribution in [1.82, 2.24) is 4.90 Å². The summed E-state index contributed by atoms with van der Waals surface area (Å²) in [7, 11) is 2.89. The van der Waals surface area contributed by atoms with Gasteiger partial charge in [0.05, 0.1) is 7.11 Å². The first-order chi connectivity index (χ1) is 8.73. The average molecular weight is 273 g/mol. The molecule has 1 rings (SSSR count). The van der Waals surface area contributed by atoms with E-state index in [2.05, 4.69) is 0 Å². The van der Waals surface area contributed by atoms with Crippen molar-refractivity contribution >= 4 is 12.1 Å². The number of rotatable bonds is 2. The monoisotopic (exact) mass is 273 g/mol. The Bertz CT molecular complexity index is 341. The van der Waals surface area contributed by atoms with Crippen molar-refractivity contribution in [2.24, 2.45) is 0 Å². The number of methoxy groups -OCH3 is 1. The second-order valence-corrected chi connectivity index (χ2v) is 5.67. The normalized spacial score (nSPS) is 18.6. The minimum Gasteiger partial charge on any atom is -0.467 e. The molecular weight excluding hydrogens is 250 g/mol. The van der Waals surface area contributed by atoms with Gasteiger partial charge in [-0.2, -0.15) is 0 Å². The lowest BCUT2D eigenvalue weighted by Crippen LogP contribution is -2.59. The van der Waals surface area contributed by atoms with Gasteiger partial charge in [0.2, 0.25) is 0 Å². The van der Waals surface area contributed by atoms with Gasteiger partial charge in [-0.25, -0.2) is 9.59 Å². The highest BCUT2D eigenvalue weighted by molar-refractivity contribution is 5.85. The minimum atomic E-state index is -0.991. The summed E-state index contributed by atoms with van der Waals surface area (Å²) in [6.07, 6.45) is 0.296. The SMILES string of the molecule is COC(=O)C1(N(C)C(=O)OC(C)(C)C)CCOCC1. The third-order valence-corrected chi connectivity index (χ3v) is 3.19. The number of nitrogens with zero attached hydrogens (tertiary/aromatic N) is 1. The maximum absolute atomic E-state index is 12.1. The van der Waals surface area contributed by atoms with Crippen LogP contribution in [0.1, 0.15) is 33.6 Å². The molecule has 6 heteroatoms. The predicted molar refractivity (Wildman–Crippen MR) is 68.8 cm³/mol. The topological polar surface area (TPSA) is 65.1 Å². The van der Waals surface area contributed by atoms with Gasteiger partial charge >= 0.3 is 12.1 Å². The van der Waals surface area contributed by atoms with Crippen LogP contribution in [0.5, 0.6) is 0 Å². The Morgan fingerprint density at radius 3 is 2.16 bits per heavy atom. The van der Waals surface area contributed by atoms with E-state index >= 15 is 0 Å². The number of ether oxygens (including phenoxy) is 3. The zero-order chi connectivity index (χ0) is 14.7. The van der Waals surface area contributed by atoms with Crippen molar-refractivity contribution in [1.29, 1.82) is 0 Å². The summed E-state index contributed by atoms with van der Waals surface area (Å²) in [5, 5.41) is 0. The van der Waals surface area contributed by atoms with Gasteiger partial charge in [-0.3, -0.25) is 4.90 Å². The minimum absolute atomic E-state index is 0.412. The van der Waals surface area contributed by atoms with E-state index in [1.165, 1.54) is 12.0 Å². The lowest BCUT2D eigenvalue weighted by molar-refractivity contribution is -0.160. The van der Waals surface area contributed by atoms with Crippen LogP contribution in [-0.2, 0) is 19.0 Å². The fraction of sp³-hybridized carbons (Fsp3) is 0.846. The fourth-order valence-electron chi connectivity index (χ4n) is 2.08. The molecule has 1 saturated heterocycles. The van der Waals surface area contributed by atoms with Crippen molar-refractivity contribution in [3.63, 3.8) is 0 Å². The summed E-state index contributed by atoms with van der Waals surface area (Å²) < 4.78 is 15.4. The lowest BCUT2D eigenvalue weighted by Gasteiger charge is -2.41. The number of carbonyl (C=O) groups excluding carboxylic acids is 2. The van der Waals surface area contributed by atoms with Gasteiger partial charge in [-0.1, -0.05) is 0 Å². The maximum Gasteiger partial charge on any atom is 0.410 e. The van der Waals surface area contributed by atoms with Crippen LogP contribution in [-0.4, -0.2) is 55.5 Å². The molecule has 1 aliphatic rings. The smallest absolute Gasteiger partial charge is 0.410 e. The van der Waals surface area contributed by atoms with Crippen molar-refractivity contribution < 1.29 is 23.8 Å². The zero-order valence-electron chi connectivity index (χ0n) is 12.3. The van der Waals surface area contributed by atoms with Crippen LogP contribution < -0.4 is 0 Å². The Morgan fingerprint density at radius 2 is 1.74 bits per heavy atom. The highest BCUT2D eigenvalue weighted by atomic mass is 16.6. The maximum atomic E-state index is 12.1. The second-order valence-electron chi connectivity index (χ2n) is 5.67. The van der Waals surface area contributed by atoms with Crippen LogP contribution in [0.2, 0.25) is 0 Å². The number of hydrogen-bond donors (Lipinski definition) is 0. The third-order valence-electron chi connectivity index (χ3n) is 3.19. The number of esters is 1. The Morgan fingerprint density at radius 1 is 1.21 bits per heavy atom. The van der Waals surface area contributed by atoms with Gasteiger partial charge in [0, 0.05) is 33.1 Å². The molecule has 0 aromatic rings. The van der Waals surface area contributed by atoms with Crippen LogP contribution in [0.3, 0.4) is 0 Å². The molecule has 0 saturated carbocycles. The van der Waals surface area contributed by atoms with E-state index in [-0.39, 0.29) is 0 Å². The highest BCUT2D eigenvalue weighted by Gasteiger charge is 2.48. The number of carbonyl (C=O) groups is 2. The molecule has 6 nitrogen and oxygen atoms in total. The van der Waals surface area contributed by atoms with Crippen LogP contribution in [0, 0.1) is 0 Å². The molecule has 1 heterocycles. The molecule has 0 aromatic heterocycles. The number of hydrogen-bond acceptors (Lipinski definition) is 5. The van der Waals surface area contributed by atoms with E-state index in [0.717, 1.165) is 0 Å². The van der Waals surface area contributed by atoms with Gasteiger partial charge in [0.25, 0.3) is 0 Å². The van der Waals surface area contributed by atoms with Crippen molar-refractivity contribution in [2.45, 2.75) is 44.8 Å².